The van der Waals surface area contributed by atoms with E-state index in [1.807, 2.05) is 0 Å². The second kappa shape index (κ2) is 6.16. The lowest BCUT2D eigenvalue weighted by Crippen LogP contribution is -2.14. The highest BCUT2D eigenvalue weighted by molar-refractivity contribution is 6.35. The predicted octanol–water partition coefficient (Wildman–Crippen LogP) is 3.99. The third kappa shape index (κ3) is 3.44. The van der Waals surface area contributed by atoms with E-state index in [4.69, 9.17) is 28.9 Å². The number of nitrogens with two attached hydrogens (primary N) is 1. The van der Waals surface area contributed by atoms with Crippen LogP contribution in [0.1, 0.15) is 17.0 Å². The molecule has 104 valence electrons. The summed E-state index contributed by atoms with van der Waals surface area (Å²) in [6.07, 6.45) is 0.301. The number of carboxylic acid groups (broad SMARTS) is 1. The van der Waals surface area contributed by atoms with Gasteiger partial charge in [0.05, 0.1) is 5.92 Å². The van der Waals surface area contributed by atoms with Gasteiger partial charge in [-0.05, 0) is 41.8 Å². The van der Waals surface area contributed by atoms with Crippen LogP contribution in [0.5, 0.6) is 0 Å². The summed E-state index contributed by atoms with van der Waals surface area (Å²) >= 11 is 11.9. The van der Waals surface area contributed by atoms with E-state index in [1.165, 1.54) is 0 Å². The lowest BCUT2D eigenvalue weighted by atomic mass is 9.92. The Labute approximate surface area is 126 Å². The molecule has 0 fully saturated rings. The van der Waals surface area contributed by atoms with E-state index in [0.29, 0.717) is 27.7 Å². The quantitative estimate of drug-likeness (QED) is 0.839. The number of carboxylic acids is 1. The molecule has 0 saturated carbocycles. The number of hydrogen-bond donors (Lipinski definition) is 2. The summed E-state index contributed by atoms with van der Waals surface area (Å²) in [6, 6.07) is 11.9. The molecule has 0 aliphatic carbocycles. The van der Waals surface area contributed by atoms with Gasteiger partial charge in [0.25, 0.3) is 0 Å². The SMILES string of the molecule is Nc1ccc(C(Cc2ccc(Cl)cc2Cl)C(=O)O)cc1. The summed E-state index contributed by atoms with van der Waals surface area (Å²) < 4.78 is 0. The van der Waals surface area contributed by atoms with Gasteiger partial charge in [0.15, 0.2) is 0 Å². The highest BCUT2D eigenvalue weighted by atomic mass is 35.5. The molecule has 1 unspecified atom stereocenters. The predicted molar refractivity (Wildman–Crippen MR) is 81.4 cm³/mol. The molecule has 0 saturated heterocycles. The molecule has 0 aromatic heterocycles. The molecule has 0 spiro atoms. The molecule has 0 radical (unpaired) electrons. The molecule has 2 rings (SSSR count). The van der Waals surface area contributed by atoms with Crippen LogP contribution in [0.2, 0.25) is 10.0 Å². The first kappa shape index (κ1) is 14.7. The third-order valence-corrected chi connectivity index (χ3v) is 3.66. The van der Waals surface area contributed by atoms with Crippen molar-refractivity contribution >= 4 is 34.9 Å². The van der Waals surface area contributed by atoms with Gasteiger partial charge in [0.2, 0.25) is 0 Å². The van der Waals surface area contributed by atoms with Gasteiger partial charge in [-0.15, -0.1) is 0 Å². The van der Waals surface area contributed by atoms with Gasteiger partial charge in [-0.2, -0.15) is 0 Å². The van der Waals surface area contributed by atoms with Crippen LogP contribution < -0.4 is 5.73 Å². The number of nitrogen functional groups attached to an aromatic ring is 1. The lowest BCUT2D eigenvalue weighted by molar-refractivity contribution is -0.138. The average Bonchev–Trinajstić information content (AvgIpc) is 2.39. The first-order chi connectivity index (χ1) is 9.47. The Bertz CT molecular complexity index is 626. The van der Waals surface area contributed by atoms with Crippen molar-refractivity contribution in [3.8, 4) is 0 Å². The Morgan fingerprint density at radius 2 is 1.80 bits per heavy atom. The van der Waals surface area contributed by atoms with Crippen molar-refractivity contribution < 1.29 is 9.90 Å². The molecule has 3 N–H and O–H groups in total. The molecular weight excluding hydrogens is 297 g/mol. The Kier molecular flexibility index (Phi) is 4.53. The molecular formula is C15H13Cl2NO2. The number of benzene rings is 2. The molecule has 2 aromatic rings. The number of aliphatic carboxylic acids is 1. The van der Waals surface area contributed by atoms with E-state index in [9.17, 15) is 9.90 Å². The molecule has 3 nitrogen and oxygen atoms in total. The van der Waals surface area contributed by atoms with E-state index in [1.54, 1.807) is 42.5 Å². The van der Waals surface area contributed by atoms with Gasteiger partial charge >= 0.3 is 5.97 Å². The van der Waals surface area contributed by atoms with E-state index in [2.05, 4.69) is 0 Å². The minimum absolute atomic E-state index is 0.301. The van der Waals surface area contributed by atoms with Crippen molar-refractivity contribution in [1.29, 1.82) is 0 Å². The molecule has 5 heteroatoms. The Morgan fingerprint density at radius 1 is 1.15 bits per heavy atom. The molecule has 2 aromatic carbocycles. The normalized spacial score (nSPS) is 12.1. The van der Waals surface area contributed by atoms with Crippen LogP contribution in [-0.4, -0.2) is 11.1 Å². The summed E-state index contributed by atoms with van der Waals surface area (Å²) in [5, 5.41) is 10.4. The molecule has 20 heavy (non-hydrogen) atoms. The second-order valence-electron chi connectivity index (χ2n) is 4.50. The van der Waals surface area contributed by atoms with Crippen LogP contribution >= 0.6 is 23.2 Å². The Hall–Kier alpha value is -1.71. The van der Waals surface area contributed by atoms with Crippen LogP contribution in [0.25, 0.3) is 0 Å². The maximum absolute atomic E-state index is 11.5. The fraction of sp³-hybridized carbons (Fsp3) is 0.133. The lowest BCUT2D eigenvalue weighted by Gasteiger charge is -2.14. The Balaban J connectivity index is 2.30. The van der Waals surface area contributed by atoms with Crippen LogP contribution in [-0.2, 0) is 11.2 Å². The molecule has 0 bridgehead atoms. The fourth-order valence-corrected chi connectivity index (χ4v) is 2.47. The average molecular weight is 310 g/mol. The molecule has 0 aliphatic heterocycles. The van der Waals surface area contributed by atoms with Crippen LogP contribution in [0.15, 0.2) is 42.5 Å². The second-order valence-corrected chi connectivity index (χ2v) is 5.34. The van der Waals surface area contributed by atoms with Gasteiger partial charge in [0.1, 0.15) is 0 Å². The zero-order chi connectivity index (χ0) is 14.7. The van der Waals surface area contributed by atoms with E-state index >= 15 is 0 Å². The van der Waals surface area contributed by atoms with Gasteiger partial charge in [0, 0.05) is 15.7 Å². The fourth-order valence-electron chi connectivity index (χ4n) is 1.98. The topological polar surface area (TPSA) is 63.3 Å². The minimum Gasteiger partial charge on any atom is -0.481 e. The highest BCUT2D eigenvalue weighted by Crippen LogP contribution is 2.28. The van der Waals surface area contributed by atoms with Crippen LogP contribution in [0.3, 0.4) is 0 Å². The van der Waals surface area contributed by atoms with Crippen molar-refractivity contribution in [2.45, 2.75) is 12.3 Å². The molecule has 1 atom stereocenters. The number of halogens is 2. The first-order valence-electron chi connectivity index (χ1n) is 5.99. The standard InChI is InChI=1S/C15H13Cl2NO2/c16-11-4-1-10(14(17)8-11)7-13(15(19)20)9-2-5-12(18)6-3-9/h1-6,8,13H,7,18H2,(H,19,20). The van der Waals surface area contributed by atoms with E-state index in [0.717, 1.165) is 5.56 Å². The van der Waals surface area contributed by atoms with Crippen molar-refractivity contribution in [2.24, 2.45) is 0 Å². The molecule has 0 amide bonds. The monoisotopic (exact) mass is 309 g/mol. The number of rotatable bonds is 4. The largest absolute Gasteiger partial charge is 0.481 e. The maximum atomic E-state index is 11.5. The van der Waals surface area contributed by atoms with Gasteiger partial charge in [-0.25, -0.2) is 0 Å². The molecule has 0 aliphatic rings. The number of hydrogen-bond acceptors (Lipinski definition) is 2. The zero-order valence-electron chi connectivity index (χ0n) is 10.5. The summed E-state index contributed by atoms with van der Waals surface area (Å²) in [4.78, 5) is 11.5. The van der Waals surface area contributed by atoms with Crippen LogP contribution in [0.4, 0.5) is 5.69 Å². The molecule has 0 heterocycles. The highest BCUT2D eigenvalue weighted by Gasteiger charge is 2.21. The van der Waals surface area contributed by atoms with Crippen molar-refractivity contribution in [1.82, 2.24) is 0 Å². The van der Waals surface area contributed by atoms with E-state index in [-0.39, 0.29) is 0 Å². The van der Waals surface area contributed by atoms with Gasteiger partial charge in [-0.3, -0.25) is 4.79 Å². The smallest absolute Gasteiger partial charge is 0.311 e. The van der Waals surface area contributed by atoms with E-state index < -0.39 is 11.9 Å². The third-order valence-electron chi connectivity index (χ3n) is 3.08. The van der Waals surface area contributed by atoms with Crippen LogP contribution in [0, 0.1) is 0 Å². The zero-order valence-corrected chi connectivity index (χ0v) is 12.0. The van der Waals surface area contributed by atoms with Crippen molar-refractivity contribution in [3.63, 3.8) is 0 Å². The number of anilines is 1. The summed E-state index contributed by atoms with van der Waals surface area (Å²) in [6.45, 7) is 0. The number of carbonyl (C=O) groups is 1. The van der Waals surface area contributed by atoms with Gasteiger partial charge in [-0.1, -0.05) is 41.4 Å². The van der Waals surface area contributed by atoms with Crippen molar-refractivity contribution in [2.75, 3.05) is 5.73 Å². The Morgan fingerprint density at radius 3 is 2.35 bits per heavy atom. The van der Waals surface area contributed by atoms with Crippen molar-refractivity contribution in [3.05, 3.63) is 63.6 Å². The minimum atomic E-state index is -0.902. The summed E-state index contributed by atoms with van der Waals surface area (Å²) in [5.74, 6) is -1.57. The summed E-state index contributed by atoms with van der Waals surface area (Å²) in [7, 11) is 0. The summed E-state index contributed by atoms with van der Waals surface area (Å²) in [5.41, 5.74) is 7.66. The maximum Gasteiger partial charge on any atom is 0.311 e. The first-order valence-corrected chi connectivity index (χ1v) is 6.75. The van der Waals surface area contributed by atoms with Gasteiger partial charge < -0.3 is 10.8 Å².